The second-order valence-corrected chi connectivity index (χ2v) is 5.76. The van der Waals surface area contributed by atoms with Gasteiger partial charge in [0.25, 0.3) is 0 Å². The molecule has 2 aromatic rings. The van der Waals surface area contributed by atoms with Gasteiger partial charge in [-0.1, -0.05) is 6.92 Å². The molecule has 2 unspecified atom stereocenters. The van der Waals surface area contributed by atoms with Crippen molar-refractivity contribution in [2.45, 2.75) is 33.4 Å². The van der Waals surface area contributed by atoms with Gasteiger partial charge in [0.05, 0.1) is 11.9 Å². The maximum Gasteiger partial charge on any atom is 0.234 e. The molecule has 1 saturated heterocycles. The number of likely N-dealkylation sites (tertiary alicyclic amines) is 1. The zero-order valence-corrected chi connectivity index (χ0v) is 11.8. The maximum absolute atomic E-state index is 6.08. The van der Waals surface area contributed by atoms with Crippen LogP contribution in [0, 0.1) is 19.8 Å². The van der Waals surface area contributed by atoms with Gasteiger partial charge in [-0.05, 0) is 25.8 Å². The molecule has 0 bridgehead atoms. The first-order valence-electron chi connectivity index (χ1n) is 6.83. The average Bonchev–Trinajstić information content (AvgIpc) is 2.84. The standard InChI is InChI=1S/C14H21N5/c1-9-6-18(8-13(9)15)7-12-5-16-14-17-10(2)4-11(3)19(12)14/h4-5,9,13H,6-8,15H2,1-3H3. The van der Waals surface area contributed by atoms with E-state index >= 15 is 0 Å². The summed E-state index contributed by atoms with van der Waals surface area (Å²) in [5.41, 5.74) is 9.48. The lowest BCUT2D eigenvalue weighted by molar-refractivity contribution is 0.314. The summed E-state index contributed by atoms with van der Waals surface area (Å²) in [6.45, 7) is 9.24. The van der Waals surface area contributed by atoms with E-state index in [0.29, 0.717) is 12.0 Å². The van der Waals surface area contributed by atoms with Crippen LogP contribution >= 0.6 is 0 Å². The molecule has 2 atom stereocenters. The first-order chi connectivity index (χ1) is 9.04. The van der Waals surface area contributed by atoms with Gasteiger partial charge < -0.3 is 5.73 Å². The van der Waals surface area contributed by atoms with E-state index in [1.165, 1.54) is 11.4 Å². The Hall–Kier alpha value is -1.46. The van der Waals surface area contributed by atoms with Crippen LogP contribution < -0.4 is 5.73 Å². The van der Waals surface area contributed by atoms with E-state index in [-0.39, 0.29) is 0 Å². The molecule has 0 saturated carbocycles. The van der Waals surface area contributed by atoms with Gasteiger partial charge in [0.1, 0.15) is 0 Å². The third-order valence-corrected chi connectivity index (χ3v) is 3.99. The first kappa shape index (κ1) is 12.6. The molecule has 5 heteroatoms. The van der Waals surface area contributed by atoms with Crippen LogP contribution in [0.1, 0.15) is 24.0 Å². The Bertz CT molecular complexity index is 593. The molecule has 2 N–H and O–H groups in total. The molecule has 0 aliphatic carbocycles. The van der Waals surface area contributed by atoms with Gasteiger partial charge in [0.15, 0.2) is 0 Å². The maximum atomic E-state index is 6.08. The van der Waals surface area contributed by atoms with Crippen LogP contribution in [0.2, 0.25) is 0 Å². The number of hydrogen-bond donors (Lipinski definition) is 1. The number of fused-ring (bicyclic) bond motifs is 1. The Labute approximate surface area is 113 Å². The fraction of sp³-hybridized carbons (Fsp3) is 0.571. The summed E-state index contributed by atoms with van der Waals surface area (Å²) in [5, 5.41) is 0. The van der Waals surface area contributed by atoms with Crippen molar-refractivity contribution in [2.24, 2.45) is 11.7 Å². The zero-order chi connectivity index (χ0) is 13.6. The summed E-state index contributed by atoms with van der Waals surface area (Å²) in [4.78, 5) is 11.3. The summed E-state index contributed by atoms with van der Waals surface area (Å²) in [7, 11) is 0. The molecule has 0 radical (unpaired) electrons. The van der Waals surface area contributed by atoms with Crippen molar-refractivity contribution in [3.63, 3.8) is 0 Å². The summed E-state index contributed by atoms with van der Waals surface area (Å²) < 4.78 is 2.14. The van der Waals surface area contributed by atoms with E-state index in [1.807, 2.05) is 13.1 Å². The van der Waals surface area contributed by atoms with Crippen molar-refractivity contribution in [2.75, 3.05) is 13.1 Å². The van der Waals surface area contributed by atoms with Gasteiger partial charge in [0.2, 0.25) is 5.78 Å². The third kappa shape index (κ3) is 2.24. The monoisotopic (exact) mass is 259 g/mol. The Kier molecular flexibility index (Phi) is 3.03. The number of aromatic nitrogens is 3. The molecule has 0 amide bonds. The lowest BCUT2D eigenvalue weighted by atomic mass is 10.1. The number of rotatable bonds is 2. The summed E-state index contributed by atoms with van der Waals surface area (Å²) >= 11 is 0. The molecule has 1 aliphatic rings. The molecular weight excluding hydrogens is 238 g/mol. The molecule has 2 aromatic heterocycles. The number of aryl methyl sites for hydroxylation is 2. The molecule has 1 aliphatic heterocycles. The summed E-state index contributed by atoms with van der Waals surface area (Å²) in [5.74, 6) is 1.37. The lowest BCUT2D eigenvalue weighted by Crippen LogP contribution is -2.28. The van der Waals surface area contributed by atoms with Crippen LogP contribution in [0.15, 0.2) is 12.3 Å². The topological polar surface area (TPSA) is 59.5 Å². The summed E-state index contributed by atoms with van der Waals surface area (Å²) in [6.07, 6.45) is 1.93. The number of imidazole rings is 1. The fourth-order valence-corrected chi connectivity index (χ4v) is 2.96. The Balaban J connectivity index is 1.90. The van der Waals surface area contributed by atoms with Crippen molar-refractivity contribution in [3.05, 3.63) is 29.3 Å². The molecule has 3 rings (SSSR count). The Morgan fingerprint density at radius 1 is 1.37 bits per heavy atom. The van der Waals surface area contributed by atoms with Crippen molar-refractivity contribution < 1.29 is 0 Å². The predicted molar refractivity (Wildman–Crippen MR) is 74.9 cm³/mol. The highest BCUT2D eigenvalue weighted by Gasteiger charge is 2.27. The lowest BCUT2D eigenvalue weighted by Gasteiger charge is -2.15. The highest BCUT2D eigenvalue weighted by atomic mass is 15.2. The van der Waals surface area contributed by atoms with Gasteiger partial charge in [0, 0.05) is 37.1 Å². The number of nitrogens with zero attached hydrogens (tertiary/aromatic N) is 4. The quantitative estimate of drug-likeness (QED) is 0.878. The Morgan fingerprint density at radius 3 is 2.84 bits per heavy atom. The van der Waals surface area contributed by atoms with E-state index in [9.17, 15) is 0 Å². The molecule has 0 aromatic carbocycles. The minimum absolute atomic E-state index is 0.292. The van der Waals surface area contributed by atoms with Crippen molar-refractivity contribution in [3.8, 4) is 0 Å². The summed E-state index contributed by atoms with van der Waals surface area (Å²) in [6, 6.07) is 2.39. The van der Waals surface area contributed by atoms with E-state index in [1.54, 1.807) is 0 Å². The van der Waals surface area contributed by atoms with E-state index < -0.39 is 0 Å². The van der Waals surface area contributed by atoms with Crippen LogP contribution in [0.4, 0.5) is 0 Å². The van der Waals surface area contributed by atoms with Crippen molar-refractivity contribution in [1.82, 2.24) is 19.3 Å². The fourth-order valence-electron chi connectivity index (χ4n) is 2.96. The smallest absolute Gasteiger partial charge is 0.234 e. The van der Waals surface area contributed by atoms with Gasteiger partial charge in [-0.15, -0.1) is 0 Å². The van der Waals surface area contributed by atoms with Crippen molar-refractivity contribution in [1.29, 1.82) is 0 Å². The second-order valence-electron chi connectivity index (χ2n) is 5.76. The van der Waals surface area contributed by atoms with Gasteiger partial charge in [-0.25, -0.2) is 9.97 Å². The van der Waals surface area contributed by atoms with Crippen LogP contribution in [-0.2, 0) is 6.54 Å². The second kappa shape index (κ2) is 4.58. The van der Waals surface area contributed by atoms with Gasteiger partial charge in [-0.3, -0.25) is 9.30 Å². The highest BCUT2D eigenvalue weighted by Crippen LogP contribution is 2.18. The molecule has 1 fully saturated rings. The molecular formula is C14H21N5. The highest BCUT2D eigenvalue weighted by molar-refractivity contribution is 5.35. The SMILES string of the molecule is Cc1cc(C)n2c(CN3CC(C)C(N)C3)cnc2n1. The first-order valence-corrected chi connectivity index (χ1v) is 6.83. The third-order valence-electron chi connectivity index (χ3n) is 3.99. The molecule has 0 spiro atoms. The van der Waals surface area contributed by atoms with Crippen molar-refractivity contribution >= 4 is 5.78 Å². The molecule has 102 valence electrons. The minimum Gasteiger partial charge on any atom is -0.326 e. The number of nitrogens with two attached hydrogens (primary N) is 1. The van der Waals surface area contributed by atoms with E-state index in [0.717, 1.165) is 31.1 Å². The van der Waals surface area contributed by atoms with Crippen LogP contribution in [0.3, 0.4) is 0 Å². The van der Waals surface area contributed by atoms with E-state index in [2.05, 4.69) is 39.2 Å². The minimum atomic E-state index is 0.292. The normalized spacial score (nSPS) is 24.4. The van der Waals surface area contributed by atoms with Crippen LogP contribution in [0.25, 0.3) is 5.78 Å². The average molecular weight is 259 g/mol. The zero-order valence-electron chi connectivity index (χ0n) is 11.8. The van der Waals surface area contributed by atoms with Gasteiger partial charge >= 0.3 is 0 Å². The van der Waals surface area contributed by atoms with Crippen LogP contribution in [0.5, 0.6) is 0 Å². The van der Waals surface area contributed by atoms with Crippen LogP contribution in [-0.4, -0.2) is 38.4 Å². The largest absolute Gasteiger partial charge is 0.326 e. The molecule has 3 heterocycles. The van der Waals surface area contributed by atoms with Gasteiger partial charge in [-0.2, -0.15) is 0 Å². The molecule has 5 nitrogen and oxygen atoms in total. The Morgan fingerprint density at radius 2 is 2.16 bits per heavy atom. The predicted octanol–water partition coefficient (Wildman–Crippen LogP) is 1.13. The number of hydrogen-bond acceptors (Lipinski definition) is 4. The molecule has 19 heavy (non-hydrogen) atoms. The van der Waals surface area contributed by atoms with E-state index in [4.69, 9.17) is 5.73 Å².